The van der Waals surface area contributed by atoms with Gasteiger partial charge in [-0.1, -0.05) is 30.3 Å². The number of nitrogens with one attached hydrogen (secondary N) is 2. The summed E-state index contributed by atoms with van der Waals surface area (Å²) < 4.78 is 5.29. The molecule has 5 heteroatoms. The molecule has 2 rings (SSSR count). The fourth-order valence-corrected chi connectivity index (χ4v) is 2.90. The number of rotatable bonds is 6. The van der Waals surface area contributed by atoms with Crippen molar-refractivity contribution in [3.8, 4) is 0 Å². The molecule has 1 aromatic carbocycles. The van der Waals surface area contributed by atoms with E-state index in [4.69, 9.17) is 10.5 Å². The summed E-state index contributed by atoms with van der Waals surface area (Å²) >= 11 is 0. The summed E-state index contributed by atoms with van der Waals surface area (Å²) in [6, 6.07) is 10.5. The van der Waals surface area contributed by atoms with Gasteiger partial charge < -0.3 is 21.1 Å². The fourth-order valence-electron chi connectivity index (χ4n) is 2.90. The van der Waals surface area contributed by atoms with E-state index >= 15 is 0 Å². The van der Waals surface area contributed by atoms with E-state index in [1.54, 1.807) is 0 Å². The molecular formula is C18H29N3O2. The van der Waals surface area contributed by atoms with Gasteiger partial charge in [0.05, 0.1) is 5.54 Å². The van der Waals surface area contributed by atoms with Crippen LogP contribution in [0.3, 0.4) is 0 Å². The minimum absolute atomic E-state index is 0.0805. The molecule has 1 aliphatic heterocycles. The lowest BCUT2D eigenvalue weighted by molar-refractivity contribution is -0.130. The van der Waals surface area contributed by atoms with Gasteiger partial charge in [0.1, 0.15) is 0 Å². The van der Waals surface area contributed by atoms with Gasteiger partial charge in [-0.15, -0.1) is 0 Å². The Balaban J connectivity index is 1.87. The molecule has 4 N–H and O–H groups in total. The second kappa shape index (κ2) is 7.43. The largest absolute Gasteiger partial charge is 0.381 e. The van der Waals surface area contributed by atoms with Crippen LogP contribution in [0.15, 0.2) is 30.3 Å². The molecule has 5 nitrogen and oxygen atoms in total. The third-order valence-electron chi connectivity index (χ3n) is 4.43. The molecule has 0 radical (unpaired) electrons. The van der Waals surface area contributed by atoms with Crippen molar-refractivity contribution in [1.29, 1.82) is 0 Å². The third-order valence-corrected chi connectivity index (χ3v) is 4.43. The van der Waals surface area contributed by atoms with E-state index in [0.717, 1.165) is 0 Å². The highest BCUT2D eigenvalue weighted by Gasteiger charge is 2.36. The summed E-state index contributed by atoms with van der Waals surface area (Å²) in [6.07, 6.45) is 1.15. The Kier molecular flexibility index (Phi) is 5.79. The number of carbonyl (C=O) groups excluding carboxylic acids is 1. The summed E-state index contributed by atoms with van der Waals surface area (Å²) in [7, 11) is 0. The van der Waals surface area contributed by atoms with Crippen molar-refractivity contribution in [2.75, 3.05) is 19.8 Å². The van der Waals surface area contributed by atoms with Crippen LogP contribution in [0.25, 0.3) is 0 Å². The number of hydrogen-bond donors (Lipinski definition) is 3. The third kappa shape index (κ3) is 5.03. The van der Waals surface area contributed by atoms with Crippen LogP contribution in [-0.2, 0) is 9.53 Å². The van der Waals surface area contributed by atoms with Gasteiger partial charge in [-0.3, -0.25) is 4.79 Å². The van der Waals surface area contributed by atoms with E-state index in [0.29, 0.717) is 32.6 Å². The minimum atomic E-state index is -0.792. The van der Waals surface area contributed by atoms with E-state index in [1.165, 1.54) is 5.56 Å². The SMILES string of the molecule is CC(NC(C)(C)CNC(=O)C1(N)CCOCC1)c1ccccc1. The van der Waals surface area contributed by atoms with Crippen molar-refractivity contribution in [3.63, 3.8) is 0 Å². The molecule has 1 aliphatic rings. The van der Waals surface area contributed by atoms with Crippen molar-refractivity contribution >= 4 is 5.91 Å². The molecule has 23 heavy (non-hydrogen) atoms. The van der Waals surface area contributed by atoms with Gasteiger partial charge in [0, 0.05) is 31.3 Å². The topological polar surface area (TPSA) is 76.4 Å². The molecule has 0 aliphatic carbocycles. The van der Waals surface area contributed by atoms with Gasteiger partial charge >= 0.3 is 0 Å². The van der Waals surface area contributed by atoms with Crippen molar-refractivity contribution in [3.05, 3.63) is 35.9 Å². The monoisotopic (exact) mass is 319 g/mol. The fraction of sp³-hybridized carbons (Fsp3) is 0.611. The Morgan fingerprint density at radius 2 is 1.91 bits per heavy atom. The lowest BCUT2D eigenvalue weighted by Crippen LogP contribution is -2.60. The van der Waals surface area contributed by atoms with Gasteiger partial charge in [-0.25, -0.2) is 0 Å². The second-order valence-electron chi connectivity index (χ2n) is 7.11. The van der Waals surface area contributed by atoms with Gasteiger partial charge in [0.2, 0.25) is 5.91 Å². The first-order chi connectivity index (χ1) is 10.8. The molecule has 0 bridgehead atoms. The van der Waals surface area contributed by atoms with E-state index in [1.807, 2.05) is 18.2 Å². The Morgan fingerprint density at radius 3 is 2.52 bits per heavy atom. The normalized spacial score (nSPS) is 19.1. The summed E-state index contributed by atoms with van der Waals surface area (Å²) in [5.74, 6) is -0.0805. The van der Waals surface area contributed by atoms with E-state index in [-0.39, 0.29) is 17.5 Å². The predicted octanol–water partition coefficient (Wildman–Crippen LogP) is 1.74. The lowest BCUT2D eigenvalue weighted by atomic mass is 9.90. The highest BCUT2D eigenvalue weighted by molar-refractivity contribution is 5.86. The van der Waals surface area contributed by atoms with Crippen molar-refractivity contribution in [2.24, 2.45) is 5.73 Å². The molecule has 1 atom stereocenters. The van der Waals surface area contributed by atoms with Crippen LogP contribution < -0.4 is 16.4 Å². The van der Waals surface area contributed by atoms with Crippen molar-refractivity contribution < 1.29 is 9.53 Å². The lowest BCUT2D eigenvalue weighted by Gasteiger charge is -2.35. The number of nitrogens with two attached hydrogens (primary N) is 1. The average Bonchev–Trinajstić information content (AvgIpc) is 2.54. The summed E-state index contributed by atoms with van der Waals surface area (Å²) in [5.41, 5.74) is 6.42. The number of hydrogen-bond acceptors (Lipinski definition) is 4. The Labute approximate surface area is 139 Å². The molecule has 1 amide bonds. The van der Waals surface area contributed by atoms with Crippen LogP contribution in [0, 0.1) is 0 Å². The zero-order chi connectivity index (χ0) is 16.9. The Bertz CT molecular complexity index is 510. The Hall–Kier alpha value is -1.43. The molecular weight excluding hydrogens is 290 g/mol. The summed E-state index contributed by atoms with van der Waals surface area (Å²) in [4.78, 5) is 12.4. The maximum Gasteiger partial charge on any atom is 0.240 e. The standard InChI is InChI=1S/C18H29N3O2/c1-14(15-7-5-4-6-8-15)21-17(2,3)13-20-16(22)18(19)9-11-23-12-10-18/h4-8,14,21H,9-13,19H2,1-3H3,(H,20,22). The molecule has 1 aromatic rings. The molecule has 128 valence electrons. The van der Waals surface area contributed by atoms with Crippen LogP contribution in [0.1, 0.15) is 45.2 Å². The maximum absolute atomic E-state index is 12.4. The first-order valence-corrected chi connectivity index (χ1v) is 8.30. The Morgan fingerprint density at radius 1 is 1.30 bits per heavy atom. The molecule has 0 aromatic heterocycles. The van der Waals surface area contributed by atoms with Crippen LogP contribution >= 0.6 is 0 Å². The van der Waals surface area contributed by atoms with Crippen molar-refractivity contribution in [2.45, 2.75) is 50.7 Å². The number of amides is 1. The smallest absolute Gasteiger partial charge is 0.240 e. The number of ether oxygens (including phenoxy) is 1. The van der Waals surface area contributed by atoms with Gasteiger partial charge in [0.25, 0.3) is 0 Å². The van der Waals surface area contributed by atoms with Crippen LogP contribution in [-0.4, -0.2) is 36.7 Å². The maximum atomic E-state index is 12.4. The quantitative estimate of drug-likeness (QED) is 0.746. The molecule has 1 fully saturated rings. The summed E-state index contributed by atoms with van der Waals surface area (Å²) in [5, 5.41) is 6.57. The molecule has 1 heterocycles. The van der Waals surface area contributed by atoms with E-state index < -0.39 is 5.54 Å². The number of benzene rings is 1. The first kappa shape index (κ1) is 17.9. The van der Waals surface area contributed by atoms with Gasteiger partial charge in [0.15, 0.2) is 0 Å². The van der Waals surface area contributed by atoms with Crippen molar-refractivity contribution in [1.82, 2.24) is 10.6 Å². The number of carbonyl (C=O) groups is 1. The van der Waals surface area contributed by atoms with Gasteiger partial charge in [-0.05, 0) is 39.2 Å². The van der Waals surface area contributed by atoms with Crippen LogP contribution in [0.5, 0.6) is 0 Å². The van der Waals surface area contributed by atoms with E-state index in [2.05, 4.69) is 43.5 Å². The highest BCUT2D eigenvalue weighted by Crippen LogP contribution is 2.19. The zero-order valence-electron chi connectivity index (χ0n) is 14.4. The highest BCUT2D eigenvalue weighted by atomic mass is 16.5. The van der Waals surface area contributed by atoms with Crippen LogP contribution in [0.4, 0.5) is 0 Å². The molecule has 1 unspecified atom stereocenters. The van der Waals surface area contributed by atoms with E-state index in [9.17, 15) is 4.79 Å². The first-order valence-electron chi connectivity index (χ1n) is 8.30. The molecule has 0 spiro atoms. The average molecular weight is 319 g/mol. The predicted molar refractivity (Wildman–Crippen MR) is 92.1 cm³/mol. The van der Waals surface area contributed by atoms with Gasteiger partial charge in [-0.2, -0.15) is 0 Å². The zero-order valence-corrected chi connectivity index (χ0v) is 14.4. The molecule has 0 saturated carbocycles. The van der Waals surface area contributed by atoms with Crippen LogP contribution in [0.2, 0.25) is 0 Å². The second-order valence-corrected chi connectivity index (χ2v) is 7.11. The summed E-state index contributed by atoms with van der Waals surface area (Å²) in [6.45, 7) is 7.93. The minimum Gasteiger partial charge on any atom is -0.381 e. The molecule has 1 saturated heterocycles.